The van der Waals surface area contributed by atoms with Crippen LogP contribution in [-0.4, -0.2) is 11.3 Å². The van der Waals surface area contributed by atoms with Crippen LogP contribution in [0.5, 0.6) is 0 Å². The molecule has 0 unspecified atom stereocenters. The van der Waals surface area contributed by atoms with E-state index >= 15 is 0 Å². The monoisotopic (exact) mass is 239 g/mol. The number of hydrogen-bond donors (Lipinski definition) is 0. The van der Waals surface area contributed by atoms with Crippen molar-refractivity contribution in [1.29, 1.82) is 0 Å². The first kappa shape index (κ1) is 11.3. The molecule has 0 aliphatic carbocycles. The van der Waals surface area contributed by atoms with Gasteiger partial charge in [-0.3, -0.25) is 9.78 Å². The molecule has 1 aromatic rings. The minimum Gasteiger partial charge on any atom is -0.298 e. The van der Waals surface area contributed by atoms with E-state index in [0.717, 1.165) is 6.20 Å². The van der Waals surface area contributed by atoms with Gasteiger partial charge in [-0.2, -0.15) is 0 Å². The number of carbonyl (C=O) groups is 1. The average Bonchev–Trinajstić information content (AvgIpc) is 2.17. The van der Waals surface area contributed by atoms with Gasteiger partial charge in [0.2, 0.25) is 0 Å². The van der Waals surface area contributed by atoms with Crippen LogP contribution in [0.4, 0.5) is 8.78 Å². The van der Waals surface area contributed by atoms with E-state index < -0.39 is 12.0 Å². The van der Waals surface area contributed by atoms with Crippen LogP contribution in [0.15, 0.2) is 6.20 Å². The van der Waals surface area contributed by atoms with Gasteiger partial charge in [0.1, 0.15) is 0 Å². The van der Waals surface area contributed by atoms with E-state index in [1.165, 1.54) is 0 Å². The molecule has 0 aliphatic heterocycles. The SMILES string of the molecule is O=Cc1c(Cl)cnc(CCl)c1C(F)F. The molecule has 0 aromatic carbocycles. The molecule has 6 heteroatoms. The van der Waals surface area contributed by atoms with Crippen molar-refractivity contribution in [3.8, 4) is 0 Å². The van der Waals surface area contributed by atoms with Crippen molar-refractivity contribution in [3.05, 3.63) is 28.0 Å². The molecule has 0 saturated carbocycles. The molecule has 0 N–H and O–H groups in total. The summed E-state index contributed by atoms with van der Waals surface area (Å²) in [6.45, 7) is 0. The molecule has 14 heavy (non-hydrogen) atoms. The second kappa shape index (κ2) is 4.66. The number of hydrogen-bond acceptors (Lipinski definition) is 2. The largest absolute Gasteiger partial charge is 0.298 e. The number of aromatic nitrogens is 1. The predicted molar refractivity (Wildman–Crippen MR) is 49.1 cm³/mol. The number of aldehydes is 1. The maximum atomic E-state index is 12.5. The molecule has 0 atom stereocenters. The van der Waals surface area contributed by atoms with Crippen LogP contribution in [0.2, 0.25) is 5.02 Å². The van der Waals surface area contributed by atoms with E-state index in [-0.39, 0.29) is 28.4 Å². The number of halogens is 4. The highest BCUT2D eigenvalue weighted by Crippen LogP contribution is 2.29. The Balaban J connectivity index is 3.43. The summed E-state index contributed by atoms with van der Waals surface area (Å²) in [7, 11) is 0. The van der Waals surface area contributed by atoms with E-state index in [0.29, 0.717) is 0 Å². The van der Waals surface area contributed by atoms with Gasteiger partial charge in [-0.05, 0) is 0 Å². The Kier molecular flexibility index (Phi) is 3.77. The van der Waals surface area contributed by atoms with Crippen LogP contribution in [0.3, 0.4) is 0 Å². The van der Waals surface area contributed by atoms with E-state index in [2.05, 4.69) is 4.98 Å². The fraction of sp³-hybridized carbons (Fsp3) is 0.250. The number of pyridine rings is 1. The topological polar surface area (TPSA) is 30.0 Å². The van der Waals surface area contributed by atoms with E-state index in [9.17, 15) is 13.6 Å². The summed E-state index contributed by atoms with van der Waals surface area (Å²) in [5, 5.41) is -0.0934. The predicted octanol–water partition coefficient (Wildman–Crippen LogP) is 3.22. The zero-order chi connectivity index (χ0) is 10.7. The highest BCUT2D eigenvalue weighted by Gasteiger charge is 2.20. The van der Waals surface area contributed by atoms with Crippen LogP contribution < -0.4 is 0 Å². The summed E-state index contributed by atoms with van der Waals surface area (Å²) in [5.74, 6) is -0.183. The molecule has 1 aromatic heterocycles. The van der Waals surface area contributed by atoms with Gasteiger partial charge < -0.3 is 0 Å². The first-order chi connectivity index (χ1) is 6.61. The molecule has 1 heterocycles. The average molecular weight is 240 g/mol. The van der Waals surface area contributed by atoms with Crippen molar-refractivity contribution in [3.63, 3.8) is 0 Å². The maximum absolute atomic E-state index is 12.5. The lowest BCUT2D eigenvalue weighted by molar-refractivity contribution is 0.110. The third kappa shape index (κ3) is 2.01. The fourth-order valence-electron chi connectivity index (χ4n) is 1.03. The third-order valence-corrected chi connectivity index (χ3v) is 2.21. The van der Waals surface area contributed by atoms with E-state index in [4.69, 9.17) is 23.2 Å². The van der Waals surface area contributed by atoms with Crippen LogP contribution >= 0.6 is 23.2 Å². The molecular weight excluding hydrogens is 235 g/mol. The molecule has 0 bridgehead atoms. The maximum Gasteiger partial charge on any atom is 0.266 e. The highest BCUT2D eigenvalue weighted by molar-refractivity contribution is 6.33. The van der Waals surface area contributed by atoms with Crippen molar-refractivity contribution in [2.75, 3.05) is 0 Å². The van der Waals surface area contributed by atoms with Gasteiger partial charge in [0, 0.05) is 11.8 Å². The summed E-state index contributed by atoms with van der Waals surface area (Å²) in [6.07, 6.45) is -1.40. The lowest BCUT2D eigenvalue weighted by Gasteiger charge is -2.08. The van der Waals surface area contributed by atoms with Gasteiger partial charge in [0.05, 0.1) is 22.2 Å². The van der Waals surface area contributed by atoms with Crippen molar-refractivity contribution in [1.82, 2.24) is 4.98 Å². The van der Waals surface area contributed by atoms with Crippen molar-refractivity contribution in [2.24, 2.45) is 0 Å². The van der Waals surface area contributed by atoms with Gasteiger partial charge in [-0.25, -0.2) is 8.78 Å². The summed E-state index contributed by atoms with van der Waals surface area (Å²) in [6, 6.07) is 0. The Hall–Kier alpha value is -0.740. The zero-order valence-electron chi connectivity index (χ0n) is 6.81. The van der Waals surface area contributed by atoms with Gasteiger partial charge in [0.25, 0.3) is 6.43 Å². The Morgan fingerprint density at radius 1 is 1.57 bits per heavy atom. The minimum absolute atomic E-state index is 0.0202. The summed E-state index contributed by atoms with van der Waals surface area (Å²) in [5.41, 5.74) is -0.747. The molecule has 0 saturated heterocycles. The lowest BCUT2D eigenvalue weighted by Crippen LogP contribution is -2.02. The number of rotatable bonds is 3. The quantitative estimate of drug-likeness (QED) is 0.599. The van der Waals surface area contributed by atoms with Crippen LogP contribution in [-0.2, 0) is 5.88 Å². The first-order valence-electron chi connectivity index (χ1n) is 3.58. The Morgan fingerprint density at radius 2 is 2.21 bits per heavy atom. The molecule has 2 nitrogen and oxygen atoms in total. The van der Waals surface area contributed by atoms with Crippen LogP contribution in [0.1, 0.15) is 28.0 Å². The molecule has 1 rings (SSSR count). The third-order valence-electron chi connectivity index (χ3n) is 1.65. The van der Waals surface area contributed by atoms with Crippen LogP contribution in [0.25, 0.3) is 0 Å². The number of nitrogens with zero attached hydrogens (tertiary/aromatic N) is 1. The summed E-state index contributed by atoms with van der Waals surface area (Å²) >= 11 is 10.9. The molecule has 76 valence electrons. The standard InChI is InChI=1S/C8H5Cl2F2NO/c9-1-6-7(8(11)12)4(3-14)5(10)2-13-6/h2-3,8H,1H2. The zero-order valence-corrected chi connectivity index (χ0v) is 8.32. The van der Waals surface area contributed by atoms with Gasteiger partial charge in [0.15, 0.2) is 6.29 Å². The lowest BCUT2D eigenvalue weighted by atomic mass is 10.1. The summed E-state index contributed by atoms with van der Waals surface area (Å²) < 4.78 is 25.1. The smallest absolute Gasteiger partial charge is 0.266 e. The Morgan fingerprint density at radius 3 is 2.64 bits per heavy atom. The van der Waals surface area contributed by atoms with Gasteiger partial charge >= 0.3 is 0 Å². The second-order valence-electron chi connectivity index (χ2n) is 2.43. The van der Waals surface area contributed by atoms with Crippen molar-refractivity contribution >= 4 is 29.5 Å². The molecular formula is C8H5Cl2F2NO. The fourth-order valence-corrected chi connectivity index (χ4v) is 1.44. The normalized spacial score (nSPS) is 10.6. The molecule has 0 aliphatic rings. The molecule has 0 fully saturated rings. The second-order valence-corrected chi connectivity index (χ2v) is 3.11. The molecule has 0 amide bonds. The first-order valence-corrected chi connectivity index (χ1v) is 4.49. The van der Waals surface area contributed by atoms with Crippen molar-refractivity contribution in [2.45, 2.75) is 12.3 Å². The van der Waals surface area contributed by atoms with E-state index in [1.54, 1.807) is 0 Å². The molecule has 0 radical (unpaired) electrons. The Labute approximate surface area is 88.8 Å². The Bertz CT molecular complexity index is 357. The highest BCUT2D eigenvalue weighted by atomic mass is 35.5. The molecule has 0 spiro atoms. The number of carbonyl (C=O) groups excluding carboxylic acids is 1. The summed E-state index contributed by atoms with van der Waals surface area (Å²) in [4.78, 5) is 14.2. The van der Waals surface area contributed by atoms with Gasteiger partial charge in [-0.15, -0.1) is 11.6 Å². The van der Waals surface area contributed by atoms with Crippen molar-refractivity contribution < 1.29 is 13.6 Å². The van der Waals surface area contributed by atoms with Crippen LogP contribution in [0, 0.1) is 0 Å². The van der Waals surface area contributed by atoms with Gasteiger partial charge in [-0.1, -0.05) is 11.6 Å². The minimum atomic E-state index is -2.81. The number of alkyl halides is 3. The van der Waals surface area contributed by atoms with E-state index in [1.807, 2.05) is 0 Å².